The second-order valence-corrected chi connectivity index (χ2v) is 4.09. The van der Waals surface area contributed by atoms with Crippen molar-refractivity contribution >= 4 is 0 Å². The molecular weight excluding hydrogens is 208 g/mol. The Morgan fingerprint density at radius 2 is 2.12 bits per heavy atom. The van der Waals surface area contributed by atoms with E-state index < -0.39 is 0 Å². The summed E-state index contributed by atoms with van der Waals surface area (Å²) in [5.74, 6) is 0. The van der Waals surface area contributed by atoms with Gasteiger partial charge in [0.05, 0.1) is 12.5 Å². The molecule has 0 N–H and O–H groups in total. The van der Waals surface area contributed by atoms with Crippen LogP contribution in [0.25, 0.3) is 0 Å². The third kappa shape index (κ3) is 4.42. The van der Waals surface area contributed by atoms with Crippen LogP contribution in [-0.2, 0) is 6.54 Å². The van der Waals surface area contributed by atoms with E-state index in [1.165, 1.54) is 5.56 Å². The van der Waals surface area contributed by atoms with E-state index in [4.69, 9.17) is 5.26 Å². The lowest BCUT2D eigenvalue weighted by Gasteiger charge is -2.28. The van der Waals surface area contributed by atoms with Crippen LogP contribution in [0.4, 0.5) is 0 Å². The maximum Gasteiger partial charge on any atom is 0.0638 e. The van der Waals surface area contributed by atoms with E-state index in [1.807, 2.05) is 12.1 Å². The lowest BCUT2D eigenvalue weighted by atomic mass is 10.1. The number of hydrogen-bond acceptors (Lipinski definition) is 2. The summed E-state index contributed by atoms with van der Waals surface area (Å²) in [6.07, 6.45) is 3.33. The summed E-state index contributed by atoms with van der Waals surface area (Å²) in [4.78, 5) is 2.33. The van der Waals surface area contributed by atoms with Crippen molar-refractivity contribution in [3.05, 3.63) is 48.6 Å². The second kappa shape index (κ2) is 7.65. The van der Waals surface area contributed by atoms with Gasteiger partial charge in [-0.15, -0.1) is 6.58 Å². The van der Waals surface area contributed by atoms with Crippen molar-refractivity contribution in [2.24, 2.45) is 0 Å². The Morgan fingerprint density at radius 3 is 2.65 bits per heavy atom. The summed E-state index contributed by atoms with van der Waals surface area (Å²) in [6.45, 7) is 7.76. The Kier molecular flexibility index (Phi) is 6.06. The molecule has 0 aliphatic heterocycles. The van der Waals surface area contributed by atoms with Gasteiger partial charge in [-0.2, -0.15) is 5.26 Å². The third-order valence-electron chi connectivity index (χ3n) is 2.92. The number of nitrogens with zero attached hydrogens (tertiary/aromatic N) is 2. The third-order valence-corrected chi connectivity index (χ3v) is 2.92. The number of hydrogen-bond donors (Lipinski definition) is 0. The van der Waals surface area contributed by atoms with E-state index in [-0.39, 0.29) is 6.04 Å². The molecule has 1 aromatic rings. The van der Waals surface area contributed by atoms with Gasteiger partial charge in [0.2, 0.25) is 0 Å². The quantitative estimate of drug-likeness (QED) is 0.669. The first-order valence-corrected chi connectivity index (χ1v) is 6.07. The van der Waals surface area contributed by atoms with Crippen LogP contribution < -0.4 is 0 Å². The summed E-state index contributed by atoms with van der Waals surface area (Å²) in [5.41, 5.74) is 1.29. The predicted octanol–water partition coefficient (Wildman–Crippen LogP) is 3.37. The van der Waals surface area contributed by atoms with Crippen LogP contribution in [0.3, 0.4) is 0 Å². The standard InChI is InChI=1S/C15H20N2/c1-3-8-15(11-12-16)17(4-2)13-14-9-6-5-7-10-14/h3,5-7,9-10,15H,1,4,8,11,13H2,2H3. The van der Waals surface area contributed by atoms with E-state index >= 15 is 0 Å². The van der Waals surface area contributed by atoms with Crippen molar-refractivity contribution in [2.45, 2.75) is 32.4 Å². The van der Waals surface area contributed by atoms with Gasteiger partial charge >= 0.3 is 0 Å². The van der Waals surface area contributed by atoms with Crippen molar-refractivity contribution in [3.8, 4) is 6.07 Å². The fourth-order valence-electron chi connectivity index (χ4n) is 1.98. The molecule has 0 aliphatic rings. The van der Waals surface area contributed by atoms with E-state index in [0.717, 1.165) is 19.5 Å². The second-order valence-electron chi connectivity index (χ2n) is 4.09. The van der Waals surface area contributed by atoms with Crippen molar-refractivity contribution < 1.29 is 0 Å². The van der Waals surface area contributed by atoms with E-state index in [2.05, 4.69) is 48.7 Å². The molecule has 1 rings (SSSR count). The minimum absolute atomic E-state index is 0.280. The number of benzene rings is 1. The average molecular weight is 228 g/mol. The van der Waals surface area contributed by atoms with Gasteiger partial charge in [0.15, 0.2) is 0 Å². The molecule has 2 nitrogen and oxygen atoms in total. The Balaban J connectivity index is 2.69. The van der Waals surface area contributed by atoms with Gasteiger partial charge in [0, 0.05) is 12.6 Å². The van der Waals surface area contributed by atoms with Crippen LogP contribution >= 0.6 is 0 Å². The van der Waals surface area contributed by atoms with Crippen molar-refractivity contribution in [3.63, 3.8) is 0 Å². The van der Waals surface area contributed by atoms with Crippen LogP contribution in [0.2, 0.25) is 0 Å². The minimum Gasteiger partial charge on any atom is -0.295 e. The molecule has 0 saturated heterocycles. The fraction of sp³-hybridized carbons (Fsp3) is 0.400. The van der Waals surface area contributed by atoms with Crippen LogP contribution in [0.1, 0.15) is 25.3 Å². The van der Waals surface area contributed by atoms with Crippen LogP contribution in [0.5, 0.6) is 0 Å². The smallest absolute Gasteiger partial charge is 0.0638 e. The van der Waals surface area contributed by atoms with Crippen molar-refractivity contribution in [1.82, 2.24) is 4.90 Å². The molecule has 90 valence electrons. The highest BCUT2D eigenvalue weighted by Gasteiger charge is 2.15. The highest BCUT2D eigenvalue weighted by molar-refractivity contribution is 5.14. The molecule has 1 atom stereocenters. The molecule has 0 saturated carbocycles. The van der Waals surface area contributed by atoms with Gasteiger partial charge in [-0.3, -0.25) is 4.90 Å². The SMILES string of the molecule is C=CCC(CC#N)N(CC)Cc1ccccc1. The Hall–Kier alpha value is -1.59. The first-order valence-electron chi connectivity index (χ1n) is 6.07. The first kappa shape index (κ1) is 13.5. The summed E-state index contributed by atoms with van der Waals surface area (Å²) in [5, 5.41) is 8.86. The van der Waals surface area contributed by atoms with Crippen molar-refractivity contribution in [1.29, 1.82) is 5.26 Å². The van der Waals surface area contributed by atoms with Gasteiger partial charge in [-0.1, -0.05) is 43.3 Å². The van der Waals surface area contributed by atoms with Gasteiger partial charge < -0.3 is 0 Å². The molecule has 0 aliphatic carbocycles. The zero-order chi connectivity index (χ0) is 12.5. The van der Waals surface area contributed by atoms with Gasteiger partial charge in [-0.05, 0) is 18.5 Å². The molecule has 17 heavy (non-hydrogen) atoms. The minimum atomic E-state index is 0.280. The summed E-state index contributed by atoms with van der Waals surface area (Å²) < 4.78 is 0. The fourth-order valence-corrected chi connectivity index (χ4v) is 1.98. The highest BCUT2D eigenvalue weighted by Crippen LogP contribution is 2.13. The molecule has 1 aromatic carbocycles. The van der Waals surface area contributed by atoms with E-state index in [9.17, 15) is 0 Å². The molecule has 0 fully saturated rings. The molecule has 0 bridgehead atoms. The molecule has 0 heterocycles. The van der Waals surface area contributed by atoms with E-state index in [1.54, 1.807) is 0 Å². The lowest BCUT2D eigenvalue weighted by molar-refractivity contribution is 0.200. The van der Waals surface area contributed by atoms with Crippen LogP contribution in [0.15, 0.2) is 43.0 Å². The van der Waals surface area contributed by atoms with Crippen LogP contribution in [0, 0.1) is 11.3 Å². The first-order chi connectivity index (χ1) is 8.31. The van der Waals surface area contributed by atoms with Gasteiger partial charge in [0.1, 0.15) is 0 Å². The summed E-state index contributed by atoms with van der Waals surface area (Å²) in [7, 11) is 0. The molecule has 0 aromatic heterocycles. The maximum atomic E-state index is 8.86. The lowest BCUT2D eigenvalue weighted by Crippen LogP contribution is -2.34. The van der Waals surface area contributed by atoms with Crippen molar-refractivity contribution in [2.75, 3.05) is 6.54 Å². The molecule has 0 spiro atoms. The molecule has 0 amide bonds. The zero-order valence-electron chi connectivity index (χ0n) is 10.5. The topological polar surface area (TPSA) is 27.0 Å². The Morgan fingerprint density at radius 1 is 1.41 bits per heavy atom. The summed E-state index contributed by atoms with van der Waals surface area (Å²) in [6, 6.07) is 12.9. The average Bonchev–Trinajstić information content (AvgIpc) is 2.37. The van der Waals surface area contributed by atoms with Gasteiger partial charge in [-0.25, -0.2) is 0 Å². The Bertz CT molecular complexity index is 364. The predicted molar refractivity (Wildman–Crippen MR) is 71.4 cm³/mol. The maximum absolute atomic E-state index is 8.86. The largest absolute Gasteiger partial charge is 0.295 e. The Labute approximate surface area is 104 Å². The summed E-state index contributed by atoms with van der Waals surface area (Å²) >= 11 is 0. The molecule has 2 heteroatoms. The normalized spacial score (nSPS) is 12.1. The van der Waals surface area contributed by atoms with E-state index in [0.29, 0.717) is 6.42 Å². The number of nitriles is 1. The monoisotopic (exact) mass is 228 g/mol. The molecular formula is C15H20N2. The zero-order valence-corrected chi connectivity index (χ0v) is 10.5. The highest BCUT2D eigenvalue weighted by atomic mass is 15.1. The van der Waals surface area contributed by atoms with Crippen LogP contribution in [-0.4, -0.2) is 17.5 Å². The number of rotatable bonds is 7. The van der Waals surface area contributed by atoms with Gasteiger partial charge in [0.25, 0.3) is 0 Å². The molecule has 0 radical (unpaired) electrons. The molecule has 1 unspecified atom stereocenters.